The van der Waals surface area contributed by atoms with Crippen molar-refractivity contribution in [3.63, 3.8) is 0 Å². The molecule has 0 aromatic heterocycles. The number of hydrogen-bond donors (Lipinski definition) is 1. The van der Waals surface area contributed by atoms with Gasteiger partial charge in [-0.25, -0.2) is 8.42 Å². The lowest BCUT2D eigenvalue weighted by atomic mass is 9.85. The van der Waals surface area contributed by atoms with Crippen LogP contribution in [0, 0.1) is 18.3 Å². The number of nitrogens with zero attached hydrogens (tertiary/aromatic N) is 1. The minimum Gasteiger partial charge on any atom is -0.207 e. The quantitative estimate of drug-likeness (QED) is 0.752. The SMILES string of the molecule is Cc1ccc(S(=O)(=O)NC(C#N)(c2ccccc2)c2ccccc2)cc1. The van der Waals surface area contributed by atoms with Crippen molar-refractivity contribution in [1.82, 2.24) is 4.72 Å². The molecule has 0 aliphatic heterocycles. The third-order valence-electron chi connectivity index (χ3n) is 4.20. The van der Waals surface area contributed by atoms with Crippen molar-refractivity contribution in [2.75, 3.05) is 0 Å². The van der Waals surface area contributed by atoms with Crippen LogP contribution in [0.2, 0.25) is 0 Å². The molecular formula is C21H18N2O2S. The van der Waals surface area contributed by atoms with E-state index in [1.807, 2.05) is 19.1 Å². The Hall–Kier alpha value is -2.94. The van der Waals surface area contributed by atoms with Crippen molar-refractivity contribution in [2.45, 2.75) is 17.4 Å². The summed E-state index contributed by atoms with van der Waals surface area (Å²) >= 11 is 0. The number of aryl methyl sites for hydroxylation is 1. The molecule has 0 fully saturated rings. The van der Waals surface area contributed by atoms with E-state index in [2.05, 4.69) is 10.8 Å². The van der Waals surface area contributed by atoms with Crippen LogP contribution in [0.3, 0.4) is 0 Å². The first kappa shape index (κ1) is 17.9. The van der Waals surface area contributed by atoms with E-state index >= 15 is 0 Å². The Morgan fingerprint density at radius 3 is 1.69 bits per heavy atom. The van der Waals surface area contributed by atoms with Gasteiger partial charge in [-0.1, -0.05) is 78.4 Å². The number of nitriles is 1. The molecule has 130 valence electrons. The van der Waals surface area contributed by atoms with Gasteiger partial charge in [0.05, 0.1) is 11.0 Å². The van der Waals surface area contributed by atoms with Gasteiger partial charge in [-0.2, -0.15) is 9.98 Å². The fourth-order valence-corrected chi connectivity index (χ4v) is 4.09. The Morgan fingerprint density at radius 1 is 0.808 bits per heavy atom. The van der Waals surface area contributed by atoms with Gasteiger partial charge in [0.15, 0.2) is 5.54 Å². The molecule has 3 rings (SSSR count). The maximum absolute atomic E-state index is 13.0. The van der Waals surface area contributed by atoms with E-state index in [0.717, 1.165) is 5.56 Å². The van der Waals surface area contributed by atoms with Gasteiger partial charge in [0.2, 0.25) is 10.0 Å². The molecule has 0 radical (unpaired) electrons. The molecule has 0 aliphatic rings. The van der Waals surface area contributed by atoms with Gasteiger partial charge < -0.3 is 0 Å². The summed E-state index contributed by atoms with van der Waals surface area (Å²) in [6, 6.07) is 26.5. The Labute approximate surface area is 153 Å². The van der Waals surface area contributed by atoms with Crippen molar-refractivity contribution in [3.05, 3.63) is 102 Å². The van der Waals surface area contributed by atoms with E-state index in [1.54, 1.807) is 60.7 Å². The minimum absolute atomic E-state index is 0.120. The topological polar surface area (TPSA) is 70.0 Å². The summed E-state index contributed by atoms with van der Waals surface area (Å²) in [5, 5.41) is 10.1. The molecule has 4 nitrogen and oxygen atoms in total. The number of nitrogens with one attached hydrogen (secondary N) is 1. The molecule has 26 heavy (non-hydrogen) atoms. The average molecular weight is 362 g/mol. The highest BCUT2D eigenvalue weighted by atomic mass is 32.2. The van der Waals surface area contributed by atoms with E-state index < -0.39 is 15.6 Å². The largest absolute Gasteiger partial charge is 0.242 e. The zero-order valence-electron chi connectivity index (χ0n) is 14.3. The molecule has 0 saturated carbocycles. The van der Waals surface area contributed by atoms with Crippen LogP contribution in [-0.4, -0.2) is 8.42 Å². The van der Waals surface area contributed by atoms with Crippen LogP contribution in [-0.2, 0) is 15.6 Å². The van der Waals surface area contributed by atoms with Gasteiger partial charge in [0, 0.05) is 0 Å². The average Bonchev–Trinajstić information content (AvgIpc) is 2.68. The lowest BCUT2D eigenvalue weighted by Gasteiger charge is -2.28. The van der Waals surface area contributed by atoms with Crippen molar-refractivity contribution >= 4 is 10.0 Å². The normalized spacial score (nSPS) is 11.7. The van der Waals surface area contributed by atoms with Crippen LogP contribution in [0.15, 0.2) is 89.8 Å². The summed E-state index contributed by atoms with van der Waals surface area (Å²) in [6.45, 7) is 1.89. The first-order valence-corrected chi connectivity index (χ1v) is 9.59. The van der Waals surface area contributed by atoms with E-state index in [4.69, 9.17) is 0 Å². The van der Waals surface area contributed by atoms with Crippen molar-refractivity contribution in [3.8, 4) is 6.07 Å². The van der Waals surface area contributed by atoms with Crippen LogP contribution in [0.25, 0.3) is 0 Å². The van der Waals surface area contributed by atoms with E-state index in [0.29, 0.717) is 11.1 Å². The monoisotopic (exact) mass is 362 g/mol. The third kappa shape index (κ3) is 3.38. The zero-order valence-corrected chi connectivity index (χ0v) is 15.1. The van der Waals surface area contributed by atoms with Crippen LogP contribution < -0.4 is 4.72 Å². The molecule has 3 aromatic rings. The summed E-state index contributed by atoms with van der Waals surface area (Å²) in [5.41, 5.74) is 0.557. The summed E-state index contributed by atoms with van der Waals surface area (Å²) in [6.07, 6.45) is 0. The standard InChI is InChI=1S/C21H18N2O2S/c1-17-12-14-20(15-13-17)26(24,25)23-21(16-22,18-8-4-2-5-9-18)19-10-6-3-7-11-19/h2-15,23H,1H3. The maximum Gasteiger partial charge on any atom is 0.242 e. The highest BCUT2D eigenvalue weighted by molar-refractivity contribution is 7.89. The van der Waals surface area contributed by atoms with Gasteiger partial charge in [-0.3, -0.25) is 0 Å². The molecule has 0 unspecified atom stereocenters. The van der Waals surface area contributed by atoms with Gasteiger partial charge in [0.1, 0.15) is 0 Å². The Bertz CT molecular complexity index is 983. The number of hydrogen-bond acceptors (Lipinski definition) is 3. The third-order valence-corrected chi connectivity index (χ3v) is 5.67. The number of rotatable bonds is 5. The molecule has 5 heteroatoms. The van der Waals surface area contributed by atoms with Gasteiger partial charge in [-0.15, -0.1) is 0 Å². The van der Waals surface area contributed by atoms with E-state index in [-0.39, 0.29) is 4.90 Å². The van der Waals surface area contributed by atoms with Crippen LogP contribution in [0.4, 0.5) is 0 Å². The minimum atomic E-state index is -3.92. The summed E-state index contributed by atoms with van der Waals surface area (Å²) in [7, 11) is -3.92. The molecule has 0 spiro atoms. The second-order valence-corrected chi connectivity index (χ2v) is 7.69. The van der Waals surface area contributed by atoms with Gasteiger partial charge in [0.25, 0.3) is 0 Å². The summed E-state index contributed by atoms with van der Waals surface area (Å²) in [4.78, 5) is 0.120. The summed E-state index contributed by atoms with van der Waals surface area (Å²) in [5.74, 6) is 0. The first-order valence-electron chi connectivity index (χ1n) is 8.11. The fraction of sp³-hybridized carbons (Fsp3) is 0.0952. The number of sulfonamides is 1. The van der Waals surface area contributed by atoms with Gasteiger partial charge >= 0.3 is 0 Å². The number of benzene rings is 3. The van der Waals surface area contributed by atoms with Crippen LogP contribution in [0.5, 0.6) is 0 Å². The highest BCUT2D eigenvalue weighted by Crippen LogP contribution is 2.31. The molecule has 1 N–H and O–H groups in total. The van der Waals surface area contributed by atoms with Crippen molar-refractivity contribution < 1.29 is 8.42 Å². The van der Waals surface area contributed by atoms with E-state index in [9.17, 15) is 13.7 Å². The first-order chi connectivity index (χ1) is 12.5. The molecule has 0 aliphatic carbocycles. The highest BCUT2D eigenvalue weighted by Gasteiger charge is 2.39. The lowest BCUT2D eigenvalue weighted by molar-refractivity contribution is 0.543. The molecule has 0 heterocycles. The Morgan fingerprint density at radius 2 is 1.27 bits per heavy atom. The van der Waals surface area contributed by atoms with Crippen molar-refractivity contribution in [1.29, 1.82) is 5.26 Å². The lowest BCUT2D eigenvalue weighted by Crippen LogP contribution is -2.45. The molecule has 0 atom stereocenters. The predicted octanol–water partition coefficient (Wildman–Crippen LogP) is 3.74. The molecule has 0 amide bonds. The molecule has 0 bridgehead atoms. The zero-order chi connectivity index (χ0) is 18.6. The maximum atomic E-state index is 13.0. The second-order valence-electron chi connectivity index (χ2n) is 6.01. The van der Waals surface area contributed by atoms with Gasteiger partial charge in [-0.05, 0) is 30.2 Å². The van der Waals surface area contributed by atoms with Crippen LogP contribution >= 0.6 is 0 Å². The molecule has 3 aromatic carbocycles. The molecule has 0 saturated heterocycles. The Balaban J connectivity index is 2.16. The van der Waals surface area contributed by atoms with Crippen LogP contribution in [0.1, 0.15) is 16.7 Å². The van der Waals surface area contributed by atoms with Crippen molar-refractivity contribution in [2.24, 2.45) is 0 Å². The Kier molecular flexibility index (Phi) is 4.90. The second kappa shape index (κ2) is 7.12. The van der Waals surface area contributed by atoms with E-state index in [1.165, 1.54) is 12.1 Å². The fourth-order valence-electron chi connectivity index (χ4n) is 2.79. The predicted molar refractivity (Wildman–Crippen MR) is 101 cm³/mol. The summed E-state index contributed by atoms with van der Waals surface area (Å²) < 4.78 is 28.6. The molecular weight excluding hydrogens is 344 g/mol. The smallest absolute Gasteiger partial charge is 0.207 e.